The molecule has 1 atom stereocenters. The van der Waals surface area contributed by atoms with Crippen LogP contribution in [0.2, 0.25) is 0 Å². The van der Waals surface area contributed by atoms with E-state index in [1.54, 1.807) is 0 Å². The Hall–Kier alpha value is -1.44. The number of allylic oxidation sites excluding steroid dienone is 1. The average molecular weight is 188 g/mol. The van der Waals surface area contributed by atoms with E-state index in [1.165, 1.54) is 18.5 Å². The van der Waals surface area contributed by atoms with Crippen molar-refractivity contribution in [3.63, 3.8) is 0 Å². The third-order valence-corrected chi connectivity index (χ3v) is 2.55. The fraction of sp³-hybridized carbons (Fsp3) is 0.333. The van der Waals surface area contributed by atoms with Crippen molar-refractivity contribution in [1.82, 2.24) is 0 Å². The summed E-state index contributed by atoms with van der Waals surface area (Å²) in [5.41, 5.74) is 2.35. The Morgan fingerprint density at radius 1 is 1.21 bits per heavy atom. The molecule has 2 N–H and O–H groups in total. The summed E-state index contributed by atoms with van der Waals surface area (Å²) in [7, 11) is 1.95. The molecule has 1 aliphatic rings. The number of hydrogen-bond acceptors (Lipinski definition) is 2. The van der Waals surface area contributed by atoms with Crippen molar-refractivity contribution < 1.29 is 0 Å². The topological polar surface area (TPSA) is 24.1 Å². The lowest BCUT2D eigenvalue weighted by atomic mass is 10.2. The van der Waals surface area contributed by atoms with Crippen LogP contribution in [0.4, 0.5) is 11.4 Å². The molecule has 1 aliphatic carbocycles. The normalized spacial score (nSPS) is 19.6. The molecule has 0 aromatic heterocycles. The van der Waals surface area contributed by atoms with Crippen LogP contribution in [-0.4, -0.2) is 13.1 Å². The molecule has 2 rings (SSSR count). The molecule has 74 valence electrons. The fourth-order valence-corrected chi connectivity index (χ4v) is 1.78. The number of para-hydroxylation sites is 2. The number of nitrogens with one attached hydrogen (secondary N) is 2. The molecule has 1 unspecified atom stereocenters. The number of anilines is 2. The van der Waals surface area contributed by atoms with Crippen LogP contribution in [0.5, 0.6) is 0 Å². The molecule has 2 nitrogen and oxygen atoms in total. The SMILES string of the molecule is CNc1ccccc1NC1C=CCC1. The minimum atomic E-state index is 0.504. The number of rotatable bonds is 3. The first-order chi connectivity index (χ1) is 6.90. The molecule has 2 heteroatoms. The maximum absolute atomic E-state index is 3.51. The second kappa shape index (κ2) is 4.18. The number of hydrogen-bond donors (Lipinski definition) is 2. The van der Waals surface area contributed by atoms with Crippen molar-refractivity contribution in [2.45, 2.75) is 18.9 Å². The fourth-order valence-electron chi connectivity index (χ4n) is 1.78. The minimum Gasteiger partial charge on any atom is -0.386 e. The van der Waals surface area contributed by atoms with Gasteiger partial charge in [-0.1, -0.05) is 24.3 Å². The molecule has 0 bridgehead atoms. The van der Waals surface area contributed by atoms with Gasteiger partial charge in [0, 0.05) is 13.1 Å². The summed E-state index contributed by atoms with van der Waals surface area (Å²) in [6.45, 7) is 0. The van der Waals surface area contributed by atoms with Crippen molar-refractivity contribution in [3.05, 3.63) is 36.4 Å². The van der Waals surface area contributed by atoms with Crippen LogP contribution in [0.15, 0.2) is 36.4 Å². The van der Waals surface area contributed by atoms with E-state index in [0.29, 0.717) is 6.04 Å². The molecule has 0 spiro atoms. The van der Waals surface area contributed by atoms with Crippen molar-refractivity contribution >= 4 is 11.4 Å². The molecule has 0 fully saturated rings. The Kier molecular flexibility index (Phi) is 2.73. The van der Waals surface area contributed by atoms with Gasteiger partial charge in [-0.25, -0.2) is 0 Å². The standard InChI is InChI=1S/C12H16N2/c1-13-11-8-4-5-9-12(11)14-10-6-2-3-7-10/h2,4-6,8-10,13-14H,3,7H2,1H3. The van der Waals surface area contributed by atoms with Crippen LogP contribution < -0.4 is 10.6 Å². The third kappa shape index (κ3) is 1.90. The maximum Gasteiger partial charge on any atom is 0.0580 e. The molecule has 1 aromatic carbocycles. The molecule has 1 aromatic rings. The molecule has 0 heterocycles. The van der Waals surface area contributed by atoms with Crippen LogP contribution in [0.1, 0.15) is 12.8 Å². The van der Waals surface area contributed by atoms with Gasteiger partial charge in [-0.3, -0.25) is 0 Å². The summed E-state index contributed by atoms with van der Waals surface area (Å²) >= 11 is 0. The van der Waals surface area contributed by atoms with Crippen LogP contribution in [0.25, 0.3) is 0 Å². The zero-order valence-electron chi connectivity index (χ0n) is 8.46. The first-order valence-electron chi connectivity index (χ1n) is 5.10. The van der Waals surface area contributed by atoms with E-state index in [4.69, 9.17) is 0 Å². The quantitative estimate of drug-likeness (QED) is 0.713. The van der Waals surface area contributed by atoms with Gasteiger partial charge in [0.1, 0.15) is 0 Å². The monoisotopic (exact) mass is 188 g/mol. The van der Waals surface area contributed by atoms with Gasteiger partial charge < -0.3 is 10.6 Å². The second-order valence-electron chi connectivity index (χ2n) is 3.55. The Balaban J connectivity index is 2.11. The second-order valence-corrected chi connectivity index (χ2v) is 3.55. The average Bonchev–Trinajstić information content (AvgIpc) is 2.71. The molecule has 0 amide bonds. The smallest absolute Gasteiger partial charge is 0.0580 e. The molecular formula is C12H16N2. The highest BCUT2D eigenvalue weighted by Crippen LogP contribution is 2.23. The van der Waals surface area contributed by atoms with E-state index in [0.717, 1.165) is 5.69 Å². The first kappa shape index (κ1) is 9.13. The van der Waals surface area contributed by atoms with E-state index in [9.17, 15) is 0 Å². The summed E-state index contributed by atoms with van der Waals surface area (Å²) in [4.78, 5) is 0. The Morgan fingerprint density at radius 3 is 2.64 bits per heavy atom. The van der Waals surface area contributed by atoms with Gasteiger partial charge >= 0.3 is 0 Å². The summed E-state index contributed by atoms with van der Waals surface area (Å²) in [6.07, 6.45) is 6.88. The van der Waals surface area contributed by atoms with E-state index in [1.807, 2.05) is 13.1 Å². The first-order valence-corrected chi connectivity index (χ1v) is 5.10. The molecule has 0 aliphatic heterocycles. The van der Waals surface area contributed by atoms with Crippen LogP contribution in [0, 0.1) is 0 Å². The van der Waals surface area contributed by atoms with Crippen molar-refractivity contribution in [3.8, 4) is 0 Å². The van der Waals surface area contributed by atoms with Gasteiger partial charge in [-0.15, -0.1) is 0 Å². The molecular weight excluding hydrogens is 172 g/mol. The lowest BCUT2D eigenvalue weighted by Crippen LogP contribution is -2.14. The lowest BCUT2D eigenvalue weighted by molar-refractivity contribution is 0.826. The highest BCUT2D eigenvalue weighted by molar-refractivity contribution is 5.68. The highest BCUT2D eigenvalue weighted by Gasteiger charge is 2.09. The maximum atomic E-state index is 3.51. The van der Waals surface area contributed by atoms with Gasteiger partial charge in [0.2, 0.25) is 0 Å². The van der Waals surface area contributed by atoms with Crippen LogP contribution in [0.3, 0.4) is 0 Å². The lowest BCUT2D eigenvalue weighted by Gasteiger charge is -2.15. The summed E-state index contributed by atoms with van der Waals surface area (Å²) in [5, 5.41) is 6.69. The third-order valence-electron chi connectivity index (χ3n) is 2.55. The Labute approximate surface area is 85.0 Å². The zero-order valence-corrected chi connectivity index (χ0v) is 8.46. The minimum absolute atomic E-state index is 0.504. The van der Waals surface area contributed by atoms with Gasteiger partial charge in [0.15, 0.2) is 0 Å². The molecule has 0 saturated carbocycles. The van der Waals surface area contributed by atoms with E-state index >= 15 is 0 Å². The van der Waals surface area contributed by atoms with E-state index in [2.05, 4.69) is 41.0 Å². The zero-order chi connectivity index (χ0) is 9.80. The van der Waals surface area contributed by atoms with Crippen LogP contribution in [-0.2, 0) is 0 Å². The van der Waals surface area contributed by atoms with Crippen LogP contribution >= 0.6 is 0 Å². The van der Waals surface area contributed by atoms with Gasteiger partial charge in [0.05, 0.1) is 11.4 Å². The van der Waals surface area contributed by atoms with E-state index in [-0.39, 0.29) is 0 Å². The van der Waals surface area contributed by atoms with Crippen molar-refractivity contribution in [2.24, 2.45) is 0 Å². The van der Waals surface area contributed by atoms with Crippen molar-refractivity contribution in [1.29, 1.82) is 0 Å². The van der Waals surface area contributed by atoms with Gasteiger partial charge in [-0.2, -0.15) is 0 Å². The van der Waals surface area contributed by atoms with Crippen molar-refractivity contribution in [2.75, 3.05) is 17.7 Å². The predicted octanol–water partition coefficient (Wildman–Crippen LogP) is 2.86. The highest BCUT2D eigenvalue weighted by atomic mass is 15.0. The molecule has 14 heavy (non-hydrogen) atoms. The summed E-state index contributed by atoms with van der Waals surface area (Å²) < 4.78 is 0. The molecule has 0 radical (unpaired) electrons. The van der Waals surface area contributed by atoms with E-state index < -0.39 is 0 Å². The summed E-state index contributed by atoms with van der Waals surface area (Å²) in [5.74, 6) is 0. The largest absolute Gasteiger partial charge is 0.386 e. The number of benzene rings is 1. The summed E-state index contributed by atoms with van der Waals surface area (Å²) in [6, 6.07) is 8.80. The Morgan fingerprint density at radius 2 is 2.00 bits per heavy atom. The van der Waals surface area contributed by atoms with Gasteiger partial charge in [-0.05, 0) is 25.0 Å². The predicted molar refractivity (Wildman–Crippen MR) is 61.8 cm³/mol. The Bertz CT molecular complexity index is 331. The molecule has 0 saturated heterocycles. The van der Waals surface area contributed by atoms with Gasteiger partial charge in [0.25, 0.3) is 0 Å².